The lowest BCUT2D eigenvalue weighted by Crippen LogP contribution is -2.11. The number of hydrogen-bond donors (Lipinski definition) is 2. The van der Waals surface area contributed by atoms with Crippen LogP contribution >= 0.6 is 0 Å². The van der Waals surface area contributed by atoms with Gasteiger partial charge in [-0.15, -0.1) is 0 Å². The third kappa shape index (κ3) is 1.28. The molecule has 0 bridgehead atoms. The molecule has 0 spiro atoms. The number of anilines is 1. The summed E-state index contributed by atoms with van der Waals surface area (Å²) in [6, 6.07) is 13.6. The van der Waals surface area contributed by atoms with Crippen LogP contribution in [0.15, 0.2) is 48.7 Å². The zero-order chi connectivity index (χ0) is 13.0. The minimum Gasteiger partial charge on any atom is -0.398 e. The van der Waals surface area contributed by atoms with Crippen LogP contribution in [0.1, 0.15) is 17.2 Å². The third-order valence-electron chi connectivity index (χ3n) is 3.79. The molecule has 3 nitrogen and oxygen atoms in total. The van der Waals surface area contributed by atoms with Crippen LogP contribution in [0.2, 0.25) is 0 Å². The molecule has 19 heavy (non-hydrogen) atoms. The first-order chi connectivity index (χ1) is 9.27. The molecular formula is C16H12N2O. The molecule has 0 saturated carbocycles. The highest BCUT2D eigenvalue weighted by molar-refractivity contribution is 6.02. The van der Waals surface area contributed by atoms with Crippen LogP contribution in [0.4, 0.5) is 5.69 Å². The lowest BCUT2D eigenvalue weighted by atomic mass is 9.84. The van der Waals surface area contributed by atoms with E-state index in [9.17, 15) is 5.11 Å². The first-order valence-corrected chi connectivity index (χ1v) is 6.22. The molecule has 1 heterocycles. The van der Waals surface area contributed by atoms with Crippen LogP contribution in [0.25, 0.3) is 22.0 Å². The van der Waals surface area contributed by atoms with Crippen molar-refractivity contribution in [3.8, 4) is 11.3 Å². The Balaban J connectivity index is 2.26. The molecule has 0 amide bonds. The van der Waals surface area contributed by atoms with E-state index >= 15 is 0 Å². The highest BCUT2D eigenvalue weighted by Crippen LogP contribution is 2.45. The monoisotopic (exact) mass is 248 g/mol. The van der Waals surface area contributed by atoms with Gasteiger partial charge in [0.05, 0.1) is 5.69 Å². The van der Waals surface area contributed by atoms with E-state index in [1.54, 1.807) is 6.20 Å². The maximum absolute atomic E-state index is 10.6. The van der Waals surface area contributed by atoms with Crippen molar-refractivity contribution >= 4 is 16.5 Å². The van der Waals surface area contributed by atoms with Crippen LogP contribution in [0, 0.1) is 0 Å². The molecule has 4 rings (SSSR count). The summed E-state index contributed by atoms with van der Waals surface area (Å²) in [7, 11) is 0. The van der Waals surface area contributed by atoms with Crippen LogP contribution in [-0.4, -0.2) is 10.1 Å². The van der Waals surface area contributed by atoms with Gasteiger partial charge in [0.2, 0.25) is 0 Å². The number of aliphatic hydroxyl groups is 1. The average molecular weight is 248 g/mol. The standard InChI is InChI=1S/C16H12N2O/c17-12-6-5-9-7-8-18-15-10-3-1-2-4-11(10)16(19)14(12)13(9)15/h1-8,16,19H,17H2. The first kappa shape index (κ1) is 10.5. The van der Waals surface area contributed by atoms with Crippen molar-refractivity contribution in [2.45, 2.75) is 6.10 Å². The van der Waals surface area contributed by atoms with E-state index in [4.69, 9.17) is 5.73 Å². The summed E-state index contributed by atoms with van der Waals surface area (Å²) in [6.45, 7) is 0. The average Bonchev–Trinajstić information content (AvgIpc) is 2.45. The van der Waals surface area contributed by atoms with E-state index < -0.39 is 6.10 Å². The zero-order valence-corrected chi connectivity index (χ0v) is 10.2. The second-order valence-corrected chi connectivity index (χ2v) is 4.82. The van der Waals surface area contributed by atoms with Crippen LogP contribution < -0.4 is 5.73 Å². The minimum atomic E-state index is -0.684. The van der Waals surface area contributed by atoms with Crippen LogP contribution in [-0.2, 0) is 0 Å². The highest BCUT2D eigenvalue weighted by atomic mass is 16.3. The molecule has 92 valence electrons. The van der Waals surface area contributed by atoms with Gasteiger partial charge in [0.25, 0.3) is 0 Å². The number of aromatic nitrogens is 1. The van der Waals surface area contributed by atoms with Crippen molar-refractivity contribution in [3.05, 3.63) is 59.8 Å². The fourth-order valence-corrected chi connectivity index (χ4v) is 2.92. The van der Waals surface area contributed by atoms with Gasteiger partial charge >= 0.3 is 0 Å². The molecule has 0 fully saturated rings. The molecule has 1 aliphatic rings. The Morgan fingerprint density at radius 2 is 1.89 bits per heavy atom. The van der Waals surface area contributed by atoms with Crippen molar-refractivity contribution < 1.29 is 5.11 Å². The molecule has 1 atom stereocenters. The van der Waals surface area contributed by atoms with Crippen molar-refractivity contribution in [2.24, 2.45) is 0 Å². The summed E-state index contributed by atoms with van der Waals surface area (Å²) in [6.07, 6.45) is 1.11. The summed E-state index contributed by atoms with van der Waals surface area (Å²) in [4.78, 5) is 4.49. The predicted octanol–water partition coefficient (Wildman–Crippen LogP) is 2.88. The number of nitrogen functional groups attached to an aromatic ring is 1. The van der Waals surface area contributed by atoms with E-state index in [0.717, 1.165) is 33.2 Å². The number of nitrogens with zero attached hydrogens (tertiary/aromatic N) is 1. The van der Waals surface area contributed by atoms with E-state index in [1.165, 1.54) is 0 Å². The Hall–Kier alpha value is -2.39. The predicted molar refractivity (Wildman–Crippen MR) is 75.7 cm³/mol. The van der Waals surface area contributed by atoms with Gasteiger partial charge in [0.1, 0.15) is 6.10 Å². The highest BCUT2D eigenvalue weighted by Gasteiger charge is 2.27. The van der Waals surface area contributed by atoms with Gasteiger partial charge < -0.3 is 10.8 Å². The number of aliphatic hydroxyl groups excluding tert-OH is 1. The largest absolute Gasteiger partial charge is 0.398 e. The SMILES string of the molecule is Nc1ccc2ccnc3c2c1C(O)c1ccccc1-3. The summed E-state index contributed by atoms with van der Waals surface area (Å²) < 4.78 is 0. The molecule has 1 aromatic heterocycles. The second-order valence-electron chi connectivity index (χ2n) is 4.82. The Bertz CT molecular complexity index is 811. The smallest absolute Gasteiger partial charge is 0.107 e. The maximum Gasteiger partial charge on any atom is 0.107 e. The molecule has 0 saturated heterocycles. The molecule has 0 aliphatic heterocycles. The molecule has 3 N–H and O–H groups in total. The second kappa shape index (κ2) is 3.56. The number of hydrogen-bond acceptors (Lipinski definition) is 3. The van der Waals surface area contributed by atoms with E-state index in [0.29, 0.717) is 5.69 Å². The summed E-state index contributed by atoms with van der Waals surface area (Å²) in [5.41, 5.74) is 10.2. The number of nitrogens with two attached hydrogens (primary N) is 1. The number of pyridine rings is 1. The van der Waals surface area contributed by atoms with E-state index in [-0.39, 0.29) is 0 Å². The molecule has 1 unspecified atom stereocenters. The van der Waals surface area contributed by atoms with Gasteiger partial charge in [-0.05, 0) is 23.1 Å². The van der Waals surface area contributed by atoms with Gasteiger partial charge in [-0.25, -0.2) is 0 Å². The lowest BCUT2D eigenvalue weighted by molar-refractivity contribution is 0.222. The van der Waals surface area contributed by atoms with Gasteiger partial charge in [0.15, 0.2) is 0 Å². The summed E-state index contributed by atoms with van der Waals surface area (Å²) in [5.74, 6) is 0. The molecule has 3 aromatic rings. The Labute approximate surface area is 110 Å². The first-order valence-electron chi connectivity index (χ1n) is 6.22. The fraction of sp³-hybridized carbons (Fsp3) is 0.0625. The van der Waals surface area contributed by atoms with Crippen molar-refractivity contribution in [1.82, 2.24) is 4.98 Å². The molecular weight excluding hydrogens is 236 g/mol. The van der Waals surface area contributed by atoms with Crippen LogP contribution in [0.3, 0.4) is 0 Å². The Kier molecular flexibility index (Phi) is 1.97. The molecule has 0 radical (unpaired) electrons. The number of benzene rings is 2. The van der Waals surface area contributed by atoms with Crippen molar-refractivity contribution in [2.75, 3.05) is 5.73 Å². The van der Waals surface area contributed by atoms with Gasteiger partial charge in [-0.3, -0.25) is 4.98 Å². The quantitative estimate of drug-likeness (QED) is 0.601. The topological polar surface area (TPSA) is 59.1 Å². The summed E-state index contributed by atoms with van der Waals surface area (Å²) >= 11 is 0. The normalized spacial score (nSPS) is 16.4. The maximum atomic E-state index is 10.6. The lowest BCUT2D eigenvalue weighted by Gasteiger charge is -2.25. The van der Waals surface area contributed by atoms with Gasteiger partial charge in [0, 0.05) is 28.4 Å². The number of rotatable bonds is 0. The van der Waals surface area contributed by atoms with Gasteiger partial charge in [-0.1, -0.05) is 30.3 Å². The zero-order valence-electron chi connectivity index (χ0n) is 10.2. The molecule has 2 aromatic carbocycles. The Morgan fingerprint density at radius 3 is 2.79 bits per heavy atom. The van der Waals surface area contributed by atoms with E-state index in [2.05, 4.69) is 4.98 Å². The summed E-state index contributed by atoms with van der Waals surface area (Å²) in [5, 5.41) is 12.6. The van der Waals surface area contributed by atoms with Crippen molar-refractivity contribution in [1.29, 1.82) is 0 Å². The van der Waals surface area contributed by atoms with E-state index in [1.807, 2.05) is 42.5 Å². The fourth-order valence-electron chi connectivity index (χ4n) is 2.92. The number of fused-ring (bicyclic) bond motifs is 2. The minimum absolute atomic E-state index is 0.615. The van der Waals surface area contributed by atoms with Crippen LogP contribution in [0.5, 0.6) is 0 Å². The van der Waals surface area contributed by atoms with Crippen molar-refractivity contribution in [3.63, 3.8) is 0 Å². The third-order valence-corrected chi connectivity index (χ3v) is 3.79. The molecule has 3 heteroatoms. The van der Waals surface area contributed by atoms with Gasteiger partial charge in [-0.2, -0.15) is 0 Å². The Morgan fingerprint density at radius 1 is 1.05 bits per heavy atom. The molecule has 1 aliphatic carbocycles.